The molecule has 0 saturated heterocycles. The third-order valence-corrected chi connectivity index (χ3v) is 2.60. The Morgan fingerprint density at radius 3 is 2.61 bits per heavy atom. The van der Waals surface area contributed by atoms with Crippen LogP contribution < -0.4 is 15.8 Å². The third-order valence-electron chi connectivity index (χ3n) is 2.38. The summed E-state index contributed by atoms with van der Waals surface area (Å²) in [6.07, 6.45) is 0. The summed E-state index contributed by atoms with van der Waals surface area (Å²) in [5.74, 6) is 0.162. The number of benzene rings is 2. The first-order valence-corrected chi connectivity index (χ1v) is 5.63. The van der Waals surface area contributed by atoms with E-state index in [2.05, 4.69) is 5.32 Å². The number of nitrogen functional groups attached to an aromatic ring is 1. The Bertz CT molecular complexity index is 555. The SMILES string of the molecule is COc1cc(Nc2cc(F)cc(Cl)c2)ccc1N. The lowest BCUT2D eigenvalue weighted by Gasteiger charge is -2.10. The minimum Gasteiger partial charge on any atom is -0.495 e. The van der Waals surface area contributed by atoms with Gasteiger partial charge >= 0.3 is 0 Å². The van der Waals surface area contributed by atoms with E-state index in [1.54, 1.807) is 24.3 Å². The van der Waals surface area contributed by atoms with Gasteiger partial charge in [-0.3, -0.25) is 0 Å². The lowest BCUT2D eigenvalue weighted by molar-refractivity contribution is 0.417. The van der Waals surface area contributed by atoms with Crippen LogP contribution >= 0.6 is 11.6 Å². The van der Waals surface area contributed by atoms with Crippen LogP contribution in [-0.2, 0) is 0 Å². The normalized spacial score (nSPS) is 10.2. The molecule has 0 saturated carbocycles. The molecule has 0 aliphatic heterocycles. The van der Waals surface area contributed by atoms with E-state index < -0.39 is 5.82 Å². The van der Waals surface area contributed by atoms with Gasteiger partial charge in [-0.2, -0.15) is 0 Å². The maximum absolute atomic E-state index is 13.2. The average molecular weight is 267 g/mol. The second-order valence-electron chi connectivity index (χ2n) is 3.74. The van der Waals surface area contributed by atoms with Gasteiger partial charge in [0.2, 0.25) is 0 Å². The Morgan fingerprint density at radius 1 is 1.17 bits per heavy atom. The van der Waals surface area contributed by atoms with Gasteiger partial charge in [-0.05, 0) is 30.3 Å². The Kier molecular flexibility index (Phi) is 3.58. The van der Waals surface area contributed by atoms with Crippen LogP contribution in [0.2, 0.25) is 5.02 Å². The lowest BCUT2D eigenvalue weighted by atomic mass is 10.2. The van der Waals surface area contributed by atoms with Crippen molar-refractivity contribution in [3.8, 4) is 5.75 Å². The predicted molar refractivity (Wildman–Crippen MR) is 72.1 cm³/mol. The summed E-state index contributed by atoms with van der Waals surface area (Å²) in [6, 6.07) is 9.45. The Balaban J connectivity index is 2.28. The molecule has 0 fully saturated rings. The lowest BCUT2D eigenvalue weighted by Crippen LogP contribution is -1.95. The molecule has 0 atom stereocenters. The van der Waals surface area contributed by atoms with Crippen molar-refractivity contribution in [1.82, 2.24) is 0 Å². The number of anilines is 3. The number of rotatable bonds is 3. The zero-order valence-electron chi connectivity index (χ0n) is 9.71. The van der Waals surface area contributed by atoms with Crippen molar-refractivity contribution < 1.29 is 9.13 Å². The predicted octanol–water partition coefficient (Wildman–Crippen LogP) is 3.81. The number of hydrogen-bond donors (Lipinski definition) is 2. The van der Waals surface area contributed by atoms with Crippen molar-refractivity contribution in [2.45, 2.75) is 0 Å². The fourth-order valence-corrected chi connectivity index (χ4v) is 1.80. The molecule has 2 aromatic carbocycles. The van der Waals surface area contributed by atoms with E-state index in [1.807, 2.05) is 0 Å². The molecular weight excluding hydrogens is 255 g/mol. The van der Waals surface area contributed by atoms with E-state index in [0.717, 1.165) is 5.69 Å². The summed E-state index contributed by atoms with van der Waals surface area (Å²) < 4.78 is 18.3. The van der Waals surface area contributed by atoms with E-state index >= 15 is 0 Å². The van der Waals surface area contributed by atoms with E-state index in [4.69, 9.17) is 22.1 Å². The van der Waals surface area contributed by atoms with Crippen LogP contribution in [0.4, 0.5) is 21.5 Å². The fourth-order valence-electron chi connectivity index (χ4n) is 1.58. The molecule has 0 spiro atoms. The van der Waals surface area contributed by atoms with Crippen LogP contribution in [0.5, 0.6) is 5.75 Å². The number of halogens is 2. The van der Waals surface area contributed by atoms with Crippen molar-refractivity contribution >= 4 is 28.7 Å². The summed E-state index contributed by atoms with van der Waals surface area (Å²) >= 11 is 5.78. The summed E-state index contributed by atoms with van der Waals surface area (Å²) in [4.78, 5) is 0. The van der Waals surface area contributed by atoms with Gasteiger partial charge < -0.3 is 15.8 Å². The van der Waals surface area contributed by atoms with Gasteiger partial charge in [-0.15, -0.1) is 0 Å². The standard InChI is InChI=1S/C13H12ClFN2O/c1-18-13-7-10(2-3-12(13)16)17-11-5-8(14)4-9(15)6-11/h2-7,17H,16H2,1H3. The summed E-state index contributed by atoms with van der Waals surface area (Å²) in [6.45, 7) is 0. The molecule has 18 heavy (non-hydrogen) atoms. The summed E-state index contributed by atoms with van der Waals surface area (Å²) in [7, 11) is 1.54. The molecule has 0 aliphatic carbocycles. The highest BCUT2D eigenvalue weighted by molar-refractivity contribution is 6.30. The highest BCUT2D eigenvalue weighted by atomic mass is 35.5. The van der Waals surface area contributed by atoms with Crippen LogP contribution in [-0.4, -0.2) is 7.11 Å². The first kappa shape index (κ1) is 12.5. The second-order valence-corrected chi connectivity index (χ2v) is 4.18. The number of ether oxygens (including phenoxy) is 1. The van der Waals surface area contributed by atoms with Crippen LogP contribution in [0.3, 0.4) is 0 Å². The third kappa shape index (κ3) is 2.84. The number of methoxy groups -OCH3 is 1. The van der Waals surface area contributed by atoms with Crippen LogP contribution in [0, 0.1) is 5.82 Å². The van der Waals surface area contributed by atoms with Crippen LogP contribution in [0.15, 0.2) is 36.4 Å². The first-order valence-electron chi connectivity index (χ1n) is 5.25. The zero-order valence-corrected chi connectivity index (χ0v) is 10.5. The molecule has 0 aliphatic rings. The number of nitrogens with one attached hydrogen (secondary N) is 1. The Hall–Kier alpha value is -1.94. The van der Waals surface area contributed by atoms with Gasteiger partial charge in [0.15, 0.2) is 0 Å². The maximum Gasteiger partial charge on any atom is 0.143 e. The molecule has 3 N–H and O–H groups in total. The summed E-state index contributed by atoms with van der Waals surface area (Å²) in [5.41, 5.74) is 7.55. The van der Waals surface area contributed by atoms with E-state index in [0.29, 0.717) is 22.1 Å². The van der Waals surface area contributed by atoms with E-state index in [1.165, 1.54) is 19.2 Å². The molecule has 2 aromatic rings. The smallest absolute Gasteiger partial charge is 0.143 e. The molecule has 0 heterocycles. The highest BCUT2D eigenvalue weighted by Crippen LogP contribution is 2.28. The van der Waals surface area contributed by atoms with Crippen molar-refractivity contribution in [1.29, 1.82) is 0 Å². The topological polar surface area (TPSA) is 47.3 Å². The van der Waals surface area contributed by atoms with Crippen LogP contribution in [0.1, 0.15) is 0 Å². The zero-order chi connectivity index (χ0) is 13.1. The highest BCUT2D eigenvalue weighted by Gasteiger charge is 2.03. The van der Waals surface area contributed by atoms with Crippen molar-refractivity contribution in [3.63, 3.8) is 0 Å². The Morgan fingerprint density at radius 2 is 1.94 bits per heavy atom. The van der Waals surface area contributed by atoms with Gasteiger partial charge in [0.05, 0.1) is 12.8 Å². The molecule has 94 valence electrons. The van der Waals surface area contributed by atoms with E-state index in [-0.39, 0.29) is 0 Å². The Labute approximate surface area is 109 Å². The second kappa shape index (κ2) is 5.14. The quantitative estimate of drug-likeness (QED) is 0.831. The van der Waals surface area contributed by atoms with Crippen molar-refractivity contribution in [3.05, 3.63) is 47.2 Å². The van der Waals surface area contributed by atoms with Gasteiger partial charge in [0, 0.05) is 22.5 Å². The molecular formula is C13H12ClFN2O. The van der Waals surface area contributed by atoms with Gasteiger partial charge in [0.1, 0.15) is 11.6 Å². The molecule has 5 heteroatoms. The molecule has 3 nitrogen and oxygen atoms in total. The van der Waals surface area contributed by atoms with Gasteiger partial charge in [0.25, 0.3) is 0 Å². The number of nitrogens with two attached hydrogens (primary N) is 1. The molecule has 2 rings (SSSR count). The fraction of sp³-hybridized carbons (Fsp3) is 0.0769. The van der Waals surface area contributed by atoms with Crippen LogP contribution in [0.25, 0.3) is 0 Å². The molecule has 0 amide bonds. The van der Waals surface area contributed by atoms with Gasteiger partial charge in [-0.25, -0.2) is 4.39 Å². The average Bonchev–Trinajstić information content (AvgIpc) is 2.30. The first-order chi connectivity index (χ1) is 8.58. The number of hydrogen-bond acceptors (Lipinski definition) is 3. The van der Waals surface area contributed by atoms with E-state index in [9.17, 15) is 4.39 Å². The molecule has 0 radical (unpaired) electrons. The van der Waals surface area contributed by atoms with Gasteiger partial charge in [-0.1, -0.05) is 11.6 Å². The maximum atomic E-state index is 13.2. The van der Waals surface area contributed by atoms with Crippen molar-refractivity contribution in [2.75, 3.05) is 18.2 Å². The largest absolute Gasteiger partial charge is 0.495 e. The molecule has 0 aromatic heterocycles. The monoisotopic (exact) mass is 266 g/mol. The molecule has 0 unspecified atom stereocenters. The van der Waals surface area contributed by atoms with Crippen molar-refractivity contribution in [2.24, 2.45) is 0 Å². The molecule has 0 bridgehead atoms. The summed E-state index contributed by atoms with van der Waals surface area (Å²) in [5, 5.41) is 3.36. The minimum atomic E-state index is -0.396. The minimum absolute atomic E-state index is 0.333.